The summed E-state index contributed by atoms with van der Waals surface area (Å²) in [5.74, 6) is 0.549. The summed E-state index contributed by atoms with van der Waals surface area (Å²) in [6, 6.07) is 8.80. The average Bonchev–Trinajstić information content (AvgIpc) is 3.02. The summed E-state index contributed by atoms with van der Waals surface area (Å²) in [6.07, 6.45) is 2.42. The molecule has 28 heavy (non-hydrogen) atoms. The van der Waals surface area contributed by atoms with Gasteiger partial charge < -0.3 is 14.2 Å². The molecule has 1 heterocycles. The van der Waals surface area contributed by atoms with Crippen molar-refractivity contribution in [2.75, 3.05) is 13.7 Å². The van der Waals surface area contributed by atoms with Gasteiger partial charge in [-0.15, -0.1) is 0 Å². The average molecular weight is 532 g/mol. The lowest BCUT2D eigenvalue weighted by molar-refractivity contribution is -0.129. The fourth-order valence-electron chi connectivity index (χ4n) is 2.51. The van der Waals surface area contributed by atoms with Crippen molar-refractivity contribution in [3.05, 3.63) is 60.8 Å². The number of aliphatic imine (C=N–C) groups is 1. The number of cyclic esters (lactones) is 1. The van der Waals surface area contributed by atoms with Crippen molar-refractivity contribution in [1.82, 2.24) is 0 Å². The van der Waals surface area contributed by atoms with E-state index in [9.17, 15) is 4.79 Å². The van der Waals surface area contributed by atoms with Crippen LogP contribution in [0, 0.1) is 3.57 Å². The molecule has 5 nitrogen and oxygen atoms in total. The van der Waals surface area contributed by atoms with Crippen LogP contribution in [0.2, 0.25) is 10.0 Å². The van der Waals surface area contributed by atoms with E-state index in [-0.39, 0.29) is 11.6 Å². The molecule has 1 aliphatic heterocycles. The van der Waals surface area contributed by atoms with Gasteiger partial charge in [0, 0.05) is 3.57 Å². The zero-order valence-electron chi connectivity index (χ0n) is 15.1. The third-order valence-electron chi connectivity index (χ3n) is 3.79. The van der Waals surface area contributed by atoms with Crippen LogP contribution in [0.25, 0.3) is 6.08 Å². The number of nitrogens with zero attached hydrogens (tertiary/aromatic N) is 1. The first-order chi connectivity index (χ1) is 13.4. The van der Waals surface area contributed by atoms with Crippen LogP contribution < -0.4 is 9.47 Å². The molecule has 0 N–H and O–H groups in total. The predicted octanol–water partition coefficient (Wildman–Crippen LogP) is 5.74. The minimum Gasteiger partial charge on any atom is -0.493 e. The summed E-state index contributed by atoms with van der Waals surface area (Å²) in [5, 5.41) is 0.839. The Bertz CT molecular complexity index is 988. The molecule has 8 heteroatoms. The number of hydrogen-bond acceptors (Lipinski definition) is 5. The highest BCUT2D eigenvalue weighted by Gasteiger charge is 2.26. The molecule has 2 aromatic rings. The van der Waals surface area contributed by atoms with Crippen LogP contribution in [0.5, 0.6) is 11.5 Å². The maximum atomic E-state index is 12.3. The maximum Gasteiger partial charge on any atom is 0.363 e. The highest BCUT2D eigenvalue weighted by atomic mass is 127. The van der Waals surface area contributed by atoms with E-state index in [0.717, 1.165) is 9.99 Å². The zero-order chi connectivity index (χ0) is 20.3. The molecule has 1 aliphatic rings. The lowest BCUT2D eigenvalue weighted by Gasteiger charge is -2.12. The molecule has 0 aromatic heterocycles. The quantitative estimate of drug-likeness (QED) is 0.271. The van der Waals surface area contributed by atoms with Gasteiger partial charge in [0.2, 0.25) is 5.90 Å². The van der Waals surface area contributed by atoms with Crippen LogP contribution in [-0.4, -0.2) is 25.6 Å². The maximum absolute atomic E-state index is 12.3. The molecule has 0 aliphatic carbocycles. The SMILES string of the molecule is CCCOc1c(Cl)cc(C=C2N=C(c3cc(I)ccc3Cl)OC2=O)cc1OC. The molecule has 0 fully saturated rings. The summed E-state index contributed by atoms with van der Waals surface area (Å²) in [5.41, 5.74) is 1.34. The molecule has 0 radical (unpaired) electrons. The van der Waals surface area contributed by atoms with Gasteiger partial charge >= 0.3 is 5.97 Å². The summed E-state index contributed by atoms with van der Waals surface area (Å²) in [6.45, 7) is 2.52. The first kappa shape index (κ1) is 21.0. The number of rotatable bonds is 6. The van der Waals surface area contributed by atoms with Gasteiger partial charge in [-0.3, -0.25) is 0 Å². The van der Waals surface area contributed by atoms with Crippen LogP contribution in [0.15, 0.2) is 41.0 Å². The zero-order valence-corrected chi connectivity index (χ0v) is 18.8. The van der Waals surface area contributed by atoms with Crippen LogP contribution >= 0.6 is 45.8 Å². The molecule has 0 amide bonds. The Morgan fingerprint density at radius 1 is 1.21 bits per heavy atom. The number of methoxy groups -OCH3 is 1. The molecule has 0 saturated carbocycles. The number of halogens is 3. The molecule has 0 saturated heterocycles. The largest absolute Gasteiger partial charge is 0.493 e. The van der Waals surface area contributed by atoms with Crippen molar-refractivity contribution in [2.24, 2.45) is 4.99 Å². The third kappa shape index (κ3) is 4.61. The molecule has 0 unspecified atom stereocenters. The van der Waals surface area contributed by atoms with Crippen LogP contribution in [0.3, 0.4) is 0 Å². The van der Waals surface area contributed by atoms with Crippen molar-refractivity contribution in [2.45, 2.75) is 13.3 Å². The Labute approximate surface area is 186 Å². The van der Waals surface area contributed by atoms with Crippen LogP contribution in [-0.2, 0) is 9.53 Å². The van der Waals surface area contributed by atoms with Crippen molar-refractivity contribution in [1.29, 1.82) is 0 Å². The van der Waals surface area contributed by atoms with Crippen LogP contribution in [0.1, 0.15) is 24.5 Å². The second kappa shape index (κ2) is 9.15. The number of carbonyl (C=O) groups is 1. The lowest BCUT2D eigenvalue weighted by atomic mass is 10.1. The second-order valence-electron chi connectivity index (χ2n) is 5.84. The molecule has 2 aromatic carbocycles. The number of benzene rings is 2. The molecule has 0 atom stereocenters. The molecular weight excluding hydrogens is 516 g/mol. The minimum atomic E-state index is -0.564. The molecule has 0 spiro atoms. The Morgan fingerprint density at radius 2 is 2.00 bits per heavy atom. The van der Waals surface area contributed by atoms with E-state index >= 15 is 0 Å². The van der Waals surface area contributed by atoms with Gasteiger partial charge in [0.05, 0.1) is 29.3 Å². The third-order valence-corrected chi connectivity index (χ3v) is 5.07. The number of carbonyl (C=O) groups excluding carboxylic acids is 1. The monoisotopic (exact) mass is 531 g/mol. The fourth-order valence-corrected chi connectivity index (χ4v) is 3.47. The summed E-state index contributed by atoms with van der Waals surface area (Å²) in [7, 11) is 1.53. The lowest BCUT2D eigenvalue weighted by Crippen LogP contribution is -2.06. The highest BCUT2D eigenvalue weighted by Crippen LogP contribution is 2.37. The molecular formula is C20H16Cl2INO4. The van der Waals surface area contributed by atoms with Gasteiger partial charge in [0.1, 0.15) is 0 Å². The first-order valence-electron chi connectivity index (χ1n) is 8.41. The normalized spacial score (nSPS) is 14.8. The summed E-state index contributed by atoms with van der Waals surface area (Å²) < 4.78 is 17.3. The van der Waals surface area contributed by atoms with Gasteiger partial charge in [-0.05, 0) is 71.0 Å². The Morgan fingerprint density at radius 3 is 2.71 bits per heavy atom. The van der Waals surface area contributed by atoms with Gasteiger partial charge in [0.25, 0.3) is 0 Å². The van der Waals surface area contributed by atoms with E-state index in [1.165, 1.54) is 7.11 Å². The van der Waals surface area contributed by atoms with E-state index in [2.05, 4.69) is 27.6 Å². The Kier molecular flexibility index (Phi) is 6.85. The smallest absolute Gasteiger partial charge is 0.363 e. The van der Waals surface area contributed by atoms with E-state index in [1.807, 2.05) is 13.0 Å². The van der Waals surface area contributed by atoms with Gasteiger partial charge in [-0.25, -0.2) is 9.79 Å². The summed E-state index contributed by atoms with van der Waals surface area (Å²) >= 11 is 14.7. The van der Waals surface area contributed by atoms with Gasteiger partial charge in [-0.1, -0.05) is 30.1 Å². The molecule has 3 rings (SSSR count). The molecule has 146 valence electrons. The van der Waals surface area contributed by atoms with Crippen molar-refractivity contribution >= 4 is 63.7 Å². The topological polar surface area (TPSA) is 57.1 Å². The van der Waals surface area contributed by atoms with E-state index in [1.54, 1.807) is 30.3 Å². The molecule has 0 bridgehead atoms. The van der Waals surface area contributed by atoms with Gasteiger partial charge in [0.15, 0.2) is 17.2 Å². The van der Waals surface area contributed by atoms with E-state index < -0.39 is 5.97 Å². The Balaban J connectivity index is 1.97. The van der Waals surface area contributed by atoms with Crippen molar-refractivity contribution in [3.8, 4) is 11.5 Å². The minimum absolute atomic E-state index is 0.144. The van der Waals surface area contributed by atoms with Crippen molar-refractivity contribution < 1.29 is 19.0 Å². The van der Waals surface area contributed by atoms with Crippen molar-refractivity contribution in [3.63, 3.8) is 0 Å². The number of ether oxygens (including phenoxy) is 3. The van der Waals surface area contributed by atoms with Crippen LogP contribution in [0.4, 0.5) is 0 Å². The standard InChI is InChI=1S/C20H16Cl2INO4/c1-3-6-27-18-15(22)7-11(9-17(18)26-2)8-16-20(25)28-19(24-16)13-10-12(23)4-5-14(13)21/h4-5,7-10H,3,6H2,1-2H3. The fraction of sp³-hybridized carbons (Fsp3) is 0.200. The van der Waals surface area contributed by atoms with E-state index in [4.69, 9.17) is 37.4 Å². The predicted molar refractivity (Wildman–Crippen MR) is 119 cm³/mol. The highest BCUT2D eigenvalue weighted by molar-refractivity contribution is 14.1. The van der Waals surface area contributed by atoms with E-state index in [0.29, 0.717) is 39.3 Å². The number of hydrogen-bond donors (Lipinski definition) is 0. The summed E-state index contributed by atoms with van der Waals surface area (Å²) in [4.78, 5) is 16.6. The van der Waals surface area contributed by atoms with Gasteiger partial charge in [-0.2, -0.15) is 0 Å². The number of esters is 1. The first-order valence-corrected chi connectivity index (χ1v) is 10.2. The Hall–Kier alpha value is -1.77. The second-order valence-corrected chi connectivity index (χ2v) is 7.90.